The molecule has 0 amide bonds. The molecule has 0 saturated heterocycles. The second-order valence-corrected chi connectivity index (χ2v) is 6.11. The van der Waals surface area contributed by atoms with Crippen LogP contribution < -0.4 is 4.74 Å². The quantitative estimate of drug-likeness (QED) is 0.540. The molecular formula is C18H19BrO2. The molecule has 0 aliphatic carbocycles. The van der Waals surface area contributed by atoms with E-state index < -0.39 is 0 Å². The smallest absolute Gasteiger partial charge is 0.343 e. The van der Waals surface area contributed by atoms with Crippen LogP contribution in [-0.4, -0.2) is 5.97 Å². The van der Waals surface area contributed by atoms with Crippen molar-refractivity contribution in [3.05, 3.63) is 63.6 Å². The van der Waals surface area contributed by atoms with Gasteiger partial charge in [0.15, 0.2) is 0 Å². The summed E-state index contributed by atoms with van der Waals surface area (Å²) in [5, 5.41) is 0. The Balaban J connectivity index is 2.16. The van der Waals surface area contributed by atoms with Gasteiger partial charge < -0.3 is 4.74 Å². The zero-order valence-corrected chi connectivity index (χ0v) is 14.1. The van der Waals surface area contributed by atoms with Gasteiger partial charge in [-0.3, -0.25) is 0 Å². The van der Waals surface area contributed by atoms with E-state index in [4.69, 9.17) is 4.74 Å². The summed E-state index contributed by atoms with van der Waals surface area (Å²) in [6.07, 6.45) is 1.08. The predicted molar refractivity (Wildman–Crippen MR) is 89.0 cm³/mol. The van der Waals surface area contributed by atoms with Crippen LogP contribution in [0.15, 0.2) is 46.9 Å². The van der Waals surface area contributed by atoms with Crippen molar-refractivity contribution in [2.24, 2.45) is 0 Å². The number of aryl methyl sites for hydroxylation is 1. The highest BCUT2D eigenvalue weighted by atomic mass is 79.9. The molecule has 0 saturated carbocycles. The minimum atomic E-state index is -0.341. The van der Waals surface area contributed by atoms with Crippen molar-refractivity contribution in [2.75, 3.05) is 0 Å². The van der Waals surface area contributed by atoms with Crippen LogP contribution in [0.3, 0.4) is 0 Å². The molecule has 21 heavy (non-hydrogen) atoms. The van der Waals surface area contributed by atoms with E-state index in [1.165, 1.54) is 5.56 Å². The van der Waals surface area contributed by atoms with Gasteiger partial charge in [0.05, 0.1) is 10.0 Å². The van der Waals surface area contributed by atoms with E-state index >= 15 is 0 Å². The van der Waals surface area contributed by atoms with Gasteiger partial charge in [-0.25, -0.2) is 4.79 Å². The average molecular weight is 347 g/mol. The Kier molecular flexibility index (Phi) is 5.18. The minimum Gasteiger partial charge on any atom is -0.422 e. The lowest BCUT2D eigenvalue weighted by Gasteiger charge is -2.12. The molecule has 2 aromatic carbocycles. The van der Waals surface area contributed by atoms with Crippen LogP contribution in [-0.2, 0) is 0 Å². The van der Waals surface area contributed by atoms with Gasteiger partial charge in [0, 0.05) is 0 Å². The van der Waals surface area contributed by atoms with Crippen molar-refractivity contribution >= 4 is 21.9 Å². The van der Waals surface area contributed by atoms with Crippen molar-refractivity contribution in [2.45, 2.75) is 33.1 Å². The molecule has 0 aliphatic rings. The molecule has 110 valence electrons. The largest absolute Gasteiger partial charge is 0.422 e. The Morgan fingerprint density at radius 3 is 2.43 bits per heavy atom. The molecule has 2 rings (SSSR count). The first-order valence-corrected chi connectivity index (χ1v) is 7.89. The van der Waals surface area contributed by atoms with Gasteiger partial charge in [-0.15, -0.1) is 0 Å². The number of hydrogen-bond acceptors (Lipinski definition) is 2. The zero-order valence-electron chi connectivity index (χ0n) is 12.5. The molecule has 0 aliphatic heterocycles. The fraction of sp³-hybridized carbons (Fsp3) is 0.278. The van der Waals surface area contributed by atoms with Crippen molar-refractivity contribution < 1.29 is 9.53 Å². The number of ether oxygens (including phenoxy) is 1. The van der Waals surface area contributed by atoms with Crippen LogP contribution in [0.4, 0.5) is 0 Å². The van der Waals surface area contributed by atoms with Gasteiger partial charge in [-0.2, -0.15) is 0 Å². The number of benzene rings is 2. The first kappa shape index (κ1) is 15.8. The third-order valence-electron chi connectivity index (χ3n) is 3.63. The van der Waals surface area contributed by atoms with Crippen LogP contribution in [0.2, 0.25) is 0 Å². The van der Waals surface area contributed by atoms with Crippen LogP contribution in [0.1, 0.15) is 47.7 Å². The van der Waals surface area contributed by atoms with E-state index in [0.717, 1.165) is 16.5 Å². The molecule has 0 bridgehead atoms. The van der Waals surface area contributed by atoms with Crippen molar-refractivity contribution in [3.63, 3.8) is 0 Å². The van der Waals surface area contributed by atoms with Gasteiger partial charge in [-0.05, 0) is 65.0 Å². The standard InChI is InChI=1S/C18H19BrO2/c1-4-13(3)15-9-10-17(16(19)11-15)21-18(20)14-7-5-12(2)6-8-14/h5-11,13H,4H2,1-3H3. The minimum absolute atomic E-state index is 0.341. The third kappa shape index (κ3) is 3.94. The first-order chi connectivity index (χ1) is 10.0. The summed E-state index contributed by atoms with van der Waals surface area (Å²) in [6.45, 7) is 6.32. The zero-order chi connectivity index (χ0) is 15.4. The Morgan fingerprint density at radius 1 is 1.19 bits per heavy atom. The fourth-order valence-corrected chi connectivity index (χ4v) is 2.47. The summed E-state index contributed by atoms with van der Waals surface area (Å²) in [6, 6.07) is 13.2. The topological polar surface area (TPSA) is 26.3 Å². The lowest BCUT2D eigenvalue weighted by Crippen LogP contribution is -2.09. The van der Waals surface area contributed by atoms with Gasteiger partial charge in [-0.1, -0.05) is 37.6 Å². The number of hydrogen-bond donors (Lipinski definition) is 0. The Labute approximate surface area is 134 Å². The van der Waals surface area contributed by atoms with Crippen LogP contribution in [0.25, 0.3) is 0 Å². The fourth-order valence-electron chi connectivity index (χ4n) is 1.99. The number of halogens is 1. The van der Waals surface area contributed by atoms with Gasteiger partial charge in [0.25, 0.3) is 0 Å². The summed E-state index contributed by atoms with van der Waals surface area (Å²) < 4.78 is 6.26. The molecule has 3 heteroatoms. The maximum absolute atomic E-state index is 12.1. The molecule has 0 fully saturated rings. The molecule has 0 heterocycles. The first-order valence-electron chi connectivity index (χ1n) is 7.09. The molecule has 1 atom stereocenters. The molecule has 1 unspecified atom stereocenters. The highest BCUT2D eigenvalue weighted by molar-refractivity contribution is 9.10. The lowest BCUT2D eigenvalue weighted by molar-refractivity contribution is 0.0733. The summed E-state index contributed by atoms with van der Waals surface area (Å²) in [4.78, 5) is 12.1. The normalized spacial score (nSPS) is 12.0. The van der Waals surface area contributed by atoms with Crippen LogP contribution in [0, 0.1) is 6.92 Å². The second-order valence-electron chi connectivity index (χ2n) is 5.25. The Morgan fingerprint density at radius 2 is 1.86 bits per heavy atom. The number of carbonyl (C=O) groups is 1. The number of esters is 1. The van der Waals surface area contributed by atoms with E-state index in [9.17, 15) is 4.79 Å². The average Bonchev–Trinajstić information content (AvgIpc) is 2.49. The summed E-state index contributed by atoms with van der Waals surface area (Å²) in [7, 11) is 0. The van der Waals surface area contributed by atoms with E-state index in [2.05, 4.69) is 29.8 Å². The molecule has 0 aromatic heterocycles. The van der Waals surface area contributed by atoms with Gasteiger partial charge in [0.1, 0.15) is 5.75 Å². The third-order valence-corrected chi connectivity index (χ3v) is 4.25. The van der Waals surface area contributed by atoms with E-state index in [0.29, 0.717) is 17.2 Å². The maximum atomic E-state index is 12.1. The molecule has 0 N–H and O–H groups in total. The monoisotopic (exact) mass is 346 g/mol. The van der Waals surface area contributed by atoms with Crippen molar-refractivity contribution in [1.82, 2.24) is 0 Å². The summed E-state index contributed by atoms with van der Waals surface area (Å²) >= 11 is 3.48. The van der Waals surface area contributed by atoms with Crippen molar-refractivity contribution in [3.8, 4) is 5.75 Å². The maximum Gasteiger partial charge on any atom is 0.343 e. The number of carbonyl (C=O) groups excluding carboxylic acids is 1. The van der Waals surface area contributed by atoms with Gasteiger partial charge >= 0.3 is 5.97 Å². The summed E-state index contributed by atoms with van der Waals surface area (Å²) in [5.41, 5.74) is 2.91. The van der Waals surface area contributed by atoms with Crippen molar-refractivity contribution in [1.29, 1.82) is 0 Å². The second kappa shape index (κ2) is 6.90. The van der Waals surface area contributed by atoms with Crippen LogP contribution >= 0.6 is 15.9 Å². The SMILES string of the molecule is CCC(C)c1ccc(OC(=O)c2ccc(C)cc2)c(Br)c1. The molecule has 0 radical (unpaired) electrons. The molecule has 2 aromatic rings. The van der Waals surface area contributed by atoms with E-state index in [1.807, 2.05) is 37.3 Å². The highest BCUT2D eigenvalue weighted by Gasteiger charge is 2.12. The predicted octanol–water partition coefficient (Wildman–Crippen LogP) is 5.49. The summed E-state index contributed by atoms with van der Waals surface area (Å²) in [5.74, 6) is 0.697. The number of rotatable bonds is 4. The Bertz CT molecular complexity index is 632. The molecule has 0 spiro atoms. The lowest BCUT2D eigenvalue weighted by atomic mass is 9.99. The highest BCUT2D eigenvalue weighted by Crippen LogP contribution is 2.30. The Hall–Kier alpha value is -1.61. The molecule has 2 nitrogen and oxygen atoms in total. The van der Waals surface area contributed by atoms with Gasteiger partial charge in [0.2, 0.25) is 0 Å². The van der Waals surface area contributed by atoms with E-state index in [-0.39, 0.29) is 5.97 Å². The molecular weight excluding hydrogens is 328 g/mol. The van der Waals surface area contributed by atoms with E-state index in [1.54, 1.807) is 12.1 Å². The van der Waals surface area contributed by atoms with Crippen LogP contribution in [0.5, 0.6) is 5.75 Å².